The number of nitrogens with zero attached hydrogens (tertiary/aromatic N) is 2. The number of para-hydroxylation sites is 2. The van der Waals surface area contributed by atoms with Crippen LogP contribution in [-0.4, -0.2) is 34.6 Å². The Labute approximate surface area is 290 Å². The molecule has 8 nitrogen and oxygen atoms in total. The number of carboxylic acid groups (broad SMARTS) is 2. The quantitative estimate of drug-likeness (QED) is 0.225. The van der Waals surface area contributed by atoms with Gasteiger partial charge in [0.2, 0.25) is 0 Å². The number of benzene rings is 3. The van der Waals surface area contributed by atoms with Gasteiger partial charge in [-0.3, -0.25) is 9.98 Å². The second-order valence-electron chi connectivity index (χ2n) is 12.7. The molecule has 0 fully saturated rings. The summed E-state index contributed by atoms with van der Waals surface area (Å²) in [5.74, 6) is -0.144. The maximum atomic E-state index is 11.0. The summed E-state index contributed by atoms with van der Waals surface area (Å²) in [6, 6.07) is 16.0. The van der Waals surface area contributed by atoms with E-state index in [0.29, 0.717) is 34.3 Å². The first-order chi connectivity index (χ1) is 21.4. The third kappa shape index (κ3) is 15.9. The summed E-state index contributed by atoms with van der Waals surface area (Å²) in [6.45, 7) is 19.1. The Morgan fingerprint density at radius 3 is 1.21 bits per heavy atom. The number of phenolic OH excluding ortho intramolecular Hbond substituents is 2. The second kappa shape index (κ2) is 21.0. The van der Waals surface area contributed by atoms with E-state index >= 15 is 0 Å². The molecule has 2 N–H and O–H groups in total. The van der Waals surface area contributed by atoms with Crippen molar-refractivity contribution in [2.75, 3.05) is 0 Å². The molecule has 257 valence electrons. The van der Waals surface area contributed by atoms with Gasteiger partial charge < -0.3 is 30.0 Å². The summed E-state index contributed by atoms with van der Waals surface area (Å²) in [5, 5.41) is 39.7. The molecule has 0 spiro atoms. The topological polar surface area (TPSA) is 145 Å². The van der Waals surface area contributed by atoms with Crippen LogP contribution in [0.25, 0.3) is 0 Å². The third-order valence-corrected chi connectivity index (χ3v) is 6.56. The summed E-state index contributed by atoms with van der Waals surface area (Å²) in [4.78, 5) is 27.2. The van der Waals surface area contributed by atoms with Crippen LogP contribution in [0.2, 0.25) is 0 Å². The molecule has 0 atom stereocenters. The van der Waals surface area contributed by atoms with Gasteiger partial charge in [-0.15, -0.1) is 0 Å². The van der Waals surface area contributed by atoms with Crippen LogP contribution in [0.15, 0.2) is 58.5 Å². The van der Waals surface area contributed by atoms with Crippen molar-refractivity contribution in [2.45, 2.75) is 93.9 Å². The zero-order valence-corrected chi connectivity index (χ0v) is 30.3. The number of hydrogen-bond acceptors (Lipinski definition) is 8. The van der Waals surface area contributed by atoms with Crippen molar-refractivity contribution in [1.29, 1.82) is 0 Å². The molecule has 1 radical (unpaired) electrons. The van der Waals surface area contributed by atoms with E-state index in [1.54, 1.807) is 12.4 Å². The molecule has 0 bridgehead atoms. The SMILES string of the molecule is CC(=O)[O-].CC(=O)[O-].CC(C)Cc1cc(C=Nc2ccccc2N=Cc2cc(CC(C)C)cc(C(C)C)c2O)c(O)c(C(C)C)c1.[Co+2]. The van der Waals surface area contributed by atoms with E-state index in [9.17, 15) is 10.2 Å². The molecule has 0 saturated heterocycles. The molecule has 0 aliphatic rings. The Kier molecular flexibility index (Phi) is 19.3. The van der Waals surface area contributed by atoms with Gasteiger partial charge in [-0.2, -0.15) is 0 Å². The molecule has 3 aromatic rings. The van der Waals surface area contributed by atoms with Crippen molar-refractivity contribution < 1.29 is 46.8 Å². The number of hydrogen-bond donors (Lipinski definition) is 2. The number of aliphatic imine (C=N–C) groups is 2. The van der Waals surface area contributed by atoms with E-state index in [-0.39, 0.29) is 40.1 Å². The predicted molar refractivity (Wildman–Crippen MR) is 184 cm³/mol. The van der Waals surface area contributed by atoms with Gasteiger partial charge in [-0.05, 0) is 96.9 Å². The van der Waals surface area contributed by atoms with E-state index in [0.717, 1.165) is 37.8 Å². The van der Waals surface area contributed by atoms with Crippen molar-refractivity contribution >= 4 is 35.7 Å². The molecule has 9 heteroatoms. The zero-order chi connectivity index (χ0) is 35.1. The number of rotatable bonds is 10. The molecule has 3 aromatic carbocycles. The maximum absolute atomic E-state index is 11.0. The molecule has 3 rings (SSSR count). The van der Waals surface area contributed by atoms with Gasteiger partial charge in [0.25, 0.3) is 0 Å². The van der Waals surface area contributed by atoms with E-state index in [2.05, 4.69) is 67.5 Å². The van der Waals surface area contributed by atoms with Crippen LogP contribution in [0.4, 0.5) is 11.4 Å². The number of aliphatic carboxylic acids is 2. The summed E-state index contributed by atoms with van der Waals surface area (Å²) in [5.41, 5.74) is 7.11. The molecule has 0 heterocycles. The Hall–Kier alpha value is -3.95. The summed E-state index contributed by atoms with van der Waals surface area (Å²) in [6.07, 6.45) is 5.35. The molecular weight excluding hydrogens is 639 g/mol. The van der Waals surface area contributed by atoms with Crippen LogP contribution in [-0.2, 0) is 39.2 Å². The van der Waals surface area contributed by atoms with Gasteiger partial charge in [0, 0.05) is 35.5 Å². The predicted octanol–water partition coefficient (Wildman–Crippen LogP) is 6.75. The van der Waals surface area contributed by atoms with Crippen molar-refractivity contribution in [3.63, 3.8) is 0 Å². The van der Waals surface area contributed by atoms with Gasteiger partial charge in [-0.25, -0.2) is 0 Å². The third-order valence-electron chi connectivity index (χ3n) is 6.56. The number of carboxylic acids is 2. The molecule has 0 aliphatic heterocycles. The number of carbonyl (C=O) groups is 2. The first-order valence-electron chi connectivity index (χ1n) is 15.7. The molecule has 47 heavy (non-hydrogen) atoms. The van der Waals surface area contributed by atoms with Crippen molar-refractivity contribution in [3.05, 3.63) is 81.9 Å². The van der Waals surface area contributed by atoms with E-state index in [4.69, 9.17) is 29.8 Å². The fourth-order valence-corrected chi connectivity index (χ4v) is 4.71. The number of phenols is 2. The first-order valence-corrected chi connectivity index (χ1v) is 15.7. The maximum Gasteiger partial charge on any atom is 2.00 e. The summed E-state index contributed by atoms with van der Waals surface area (Å²) >= 11 is 0. The molecule has 0 unspecified atom stereocenters. The average molecular weight is 690 g/mol. The minimum Gasteiger partial charge on any atom is -0.550 e. The van der Waals surface area contributed by atoms with E-state index in [1.807, 2.05) is 36.4 Å². The molecule has 0 aliphatic carbocycles. The molecule has 0 aromatic heterocycles. The summed E-state index contributed by atoms with van der Waals surface area (Å²) in [7, 11) is 0. The van der Waals surface area contributed by atoms with Crippen molar-refractivity contribution in [1.82, 2.24) is 0 Å². The minimum absolute atomic E-state index is 0. The van der Waals surface area contributed by atoms with Crippen LogP contribution in [0, 0.1) is 11.8 Å². The van der Waals surface area contributed by atoms with E-state index < -0.39 is 11.9 Å². The summed E-state index contributed by atoms with van der Waals surface area (Å²) < 4.78 is 0. The smallest absolute Gasteiger partial charge is 0.550 e. The second-order valence-corrected chi connectivity index (χ2v) is 12.7. The van der Waals surface area contributed by atoms with E-state index in [1.165, 1.54) is 11.1 Å². The normalized spacial score (nSPS) is 11.0. The fourth-order valence-electron chi connectivity index (χ4n) is 4.71. The van der Waals surface area contributed by atoms with Gasteiger partial charge in [0.1, 0.15) is 11.5 Å². The van der Waals surface area contributed by atoms with Crippen LogP contribution >= 0.6 is 0 Å². The van der Waals surface area contributed by atoms with Crippen LogP contribution in [0.5, 0.6) is 11.5 Å². The van der Waals surface area contributed by atoms with Crippen molar-refractivity contribution in [2.24, 2.45) is 21.8 Å². The Balaban J connectivity index is 0.00000211. The molecule has 0 amide bonds. The fraction of sp³-hybridized carbons (Fsp3) is 0.421. The minimum atomic E-state index is -1.08. The number of aromatic hydroxyl groups is 2. The largest absolute Gasteiger partial charge is 2.00 e. The monoisotopic (exact) mass is 689 g/mol. The van der Waals surface area contributed by atoms with Crippen LogP contribution < -0.4 is 10.2 Å². The Morgan fingerprint density at radius 2 is 0.957 bits per heavy atom. The van der Waals surface area contributed by atoms with Gasteiger partial charge in [-0.1, -0.05) is 79.7 Å². The number of carbonyl (C=O) groups excluding carboxylic acids is 2. The van der Waals surface area contributed by atoms with Gasteiger partial charge in [0.15, 0.2) is 0 Å². The molecular formula is C38H50CoN2O6. The Morgan fingerprint density at radius 1 is 0.660 bits per heavy atom. The Bertz CT molecular complexity index is 1390. The van der Waals surface area contributed by atoms with Gasteiger partial charge >= 0.3 is 16.8 Å². The average Bonchev–Trinajstić information content (AvgIpc) is 2.92. The van der Waals surface area contributed by atoms with Crippen LogP contribution in [0.1, 0.15) is 114 Å². The van der Waals surface area contributed by atoms with Gasteiger partial charge in [0.05, 0.1) is 11.4 Å². The standard InChI is InChI=1S/C34H44N2O2.2C2H4O2.Co/c1-21(2)13-25-15-27(33(37)29(17-25)23(5)6)19-35-31-11-9-10-12-32(31)36-20-28-16-26(14-22(3)4)18-30(24(7)8)34(28)38;2*1-2(3)4;/h9-12,15-24,37-38H,13-14H2,1-8H3;2*1H3,(H,3,4);/q;;;+2/p-2. The zero-order valence-electron chi connectivity index (χ0n) is 29.3. The molecule has 0 saturated carbocycles. The van der Waals surface area contributed by atoms with Crippen molar-refractivity contribution in [3.8, 4) is 11.5 Å². The van der Waals surface area contributed by atoms with Crippen LogP contribution in [0.3, 0.4) is 0 Å². The first kappa shape index (κ1) is 43.0.